The molecular formula is C19H21N3O. The molecule has 3 heterocycles. The molecular weight excluding hydrogens is 286 g/mol. The van der Waals surface area contributed by atoms with Crippen molar-refractivity contribution in [2.24, 2.45) is 0 Å². The smallest absolute Gasteiger partial charge is 0.137 e. The summed E-state index contributed by atoms with van der Waals surface area (Å²) in [5, 5.41) is 3.65. The number of pyridine rings is 1. The lowest BCUT2D eigenvalue weighted by molar-refractivity contribution is 0.266. The number of hydrogen-bond acceptors (Lipinski definition) is 3. The standard InChI is InChI=1S/C19H21N3O/c1-14-17(22-11-5-4-8-19(22)21-14)12-20-16-10-9-15-6-2-3-7-18(15)23-13-16/h2-8,11,16,20H,9-10,12-13H2,1H3. The summed E-state index contributed by atoms with van der Waals surface area (Å²) in [6.45, 7) is 3.59. The molecule has 1 N–H and O–H groups in total. The van der Waals surface area contributed by atoms with Crippen molar-refractivity contribution in [1.29, 1.82) is 0 Å². The molecule has 4 nitrogen and oxygen atoms in total. The van der Waals surface area contributed by atoms with Crippen LogP contribution < -0.4 is 10.1 Å². The maximum Gasteiger partial charge on any atom is 0.137 e. The molecule has 1 atom stereocenters. The summed E-state index contributed by atoms with van der Waals surface area (Å²) in [6, 6.07) is 14.8. The van der Waals surface area contributed by atoms with Crippen molar-refractivity contribution < 1.29 is 4.74 Å². The molecule has 2 aromatic heterocycles. The van der Waals surface area contributed by atoms with E-state index in [-0.39, 0.29) is 0 Å². The zero-order chi connectivity index (χ0) is 15.6. The molecule has 4 heteroatoms. The largest absolute Gasteiger partial charge is 0.492 e. The maximum absolute atomic E-state index is 5.96. The fourth-order valence-corrected chi connectivity index (χ4v) is 3.23. The highest BCUT2D eigenvalue weighted by atomic mass is 16.5. The highest BCUT2D eigenvalue weighted by Gasteiger charge is 2.17. The number of nitrogens with zero attached hydrogens (tertiary/aromatic N) is 2. The second-order valence-corrected chi connectivity index (χ2v) is 6.11. The lowest BCUT2D eigenvalue weighted by Crippen LogP contribution is -2.34. The zero-order valence-electron chi connectivity index (χ0n) is 13.3. The van der Waals surface area contributed by atoms with Gasteiger partial charge in [-0.25, -0.2) is 4.98 Å². The summed E-state index contributed by atoms with van der Waals surface area (Å²) < 4.78 is 8.13. The molecule has 1 aliphatic rings. The van der Waals surface area contributed by atoms with Gasteiger partial charge in [0.15, 0.2) is 0 Å². The Kier molecular flexibility index (Phi) is 3.75. The van der Waals surface area contributed by atoms with Crippen molar-refractivity contribution in [2.75, 3.05) is 6.61 Å². The number of fused-ring (bicyclic) bond motifs is 2. The van der Waals surface area contributed by atoms with Crippen LogP contribution in [0.4, 0.5) is 0 Å². The van der Waals surface area contributed by atoms with Crippen LogP contribution in [-0.4, -0.2) is 22.0 Å². The summed E-state index contributed by atoms with van der Waals surface area (Å²) in [5.74, 6) is 1.03. The van der Waals surface area contributed by atoms with Gasteiger partial charge in [-0.05, 0) is 43.5 Å². The van der Waals surface area contributed by atoms with Crippen molar-refractivity contribution in [3.05, 3.63) is 65.6 Å². The molecule has 0 saturated heterocycles. The highest BCUT2D eigenvalue weighted by Crippen LogP contribution is 2.23. The molecule has 0 bridgehead atoms. The Morgan fingerprint density at radius 1 is 1.22 bits per heavy atom. The number of hydrogen-bond donors (Lipinski definition) is 1. The van der Waals surface area contributed by atoms with Gasteiger partial charge >= 0.3 is 0 Å². The molecule has 0 amide bonds. The first-order valence-electron chi connectivity index (χ1n) is 8.18. The predicted molar refractivity (Wildman–Crippen MR) is 90.8 cm³/mol. The van der Waals surface area contributed by atoms with E-state index in [4.69, 9.17) is 4.74 Å². The Labute approximate surface area is 136 Å². The molecule has 1 aliphatic heterocycles. The molecule has 0 fully saturated rings. The van der Waals surface area contributed by atoms with Crippen LogP contribution in [0.3, 0.4) is 0 Å². The van der Waals surface area contributed by atoms with E-state index in [1.54, 1.807) is 0 Å². The second kappa shape index (κ2) is 6.05. The number of aryl methyl sites for hydroxylation is 2. The van der Waals surface area contributed by atoms with E-state index < -0.39 is 0 Å². The number of rotatable bonds is 3. The SMILES string of the molecule is Cc1nc2ccccn2c1CNC1CCc2ccccc2OC1. The molecule has 23 heavy (non-hydrogen) atoms. The quantitative estimate of drug-likeness (QED) is 0.808. The van der Waals surface area contributed by atoms with Gasteiger partial charge in [-0.2, -0.15) is 0 Å². The summed E-state index contributed by atoms with van der Waals surface area (Å²) in [4.78, 5) is 4.62. The number of nitrogens with one attached hydrogen (secondary N) is 1. The van der Waals surface area contributed by atoms with E-state index in [0.717, 1.165) is 36.5 Å². The van der Waals surface area contributed by atoms with Crippen molar-refractivity contribution in [3.8, 4) is 5.75 Å². The van der Waals surface area contributed by atoms with E-state index in [9.17, 15) is 0 Å². The average Bonchev–Trinajstić information content (AvgIpc) is 2.76. The van der Waals surface area contributed by atoms with Crippen LogP contribution in [0.15, 0.2) is 48.7 Å². The first-order chi connectivity index (χ1) is 11.3. The Morgan fingerprint density at radius 2 is 2.09 bits per heavy atom. The van der Waals surface area contributed by atoms with Crippen LogP contribution >= 0.6 is 0 Å². The van der Waals surface area contributed by atoms with Crippen molar-refractivity contribution in [3.63, 3.8) is 0 Å². The Hall–Kier alpha value is -2.33. The van der Waals surface area contributed by atoms with Gasteiger partial charge < -0.3 is 14.5 Å². The molecule has 1 aromatic carbocycles. The number of imidazole rings is 1. The molecule has 0 radical (unpaired) electrons. The van der Waals surface area contributed by atoms with Crippen molar-refractivity contribution >= 4 is 5.65 Å². The van der Waals surface area contributed by atoms with Gasteiger partial charge in [0, 0.05) is 18.8 Å². The van der Waals surface area contributed by atoms with Crippen LogP contribution in [0.1, 0.15) is 23.4 Å². The third-order valence-corrected chi connectivity index (χ3v) is 4.56. The van der Waals surface area contributed by atoms with E-state index >= 15 is 0 Å². The zero-order valence-corrected chi connectivity index (χ0v) is 13.3. The highest BCUT2D eigenvalue weighted by molar-refractivity contribution is 5.42. The van der Waals surface area contributed by atoms with Crippen LogP contribution in [0.5, 0.6) is 5.75 Å². The summed E-state index contributed by atoms with van der Waals surface area (Å²) in [5.41, 5.74) is 4.62. The average molecular weight is 307 g/mol. The second-order valence-electron chi connectivity index (χ2n) is 6.11. The Balaban J connectivity index is 1.46. The third-order valence-electron chi connectivity index (χ3n) is 4.56. The number of aromatic nitrogens is 2. The predicted octanol–water partition coefficient (Wildman–Crippen LogP) is 3.13. The van der Waals surface area contributed by atoms with Crippen LogP contribution in [0.25, 0.3) is 5.65 Å². The van der Waals surface area contributed by atoms with Crippen molar-refractivity contribution in [2.45, 2.75) is 32.4 Å². The van der Waals surface area contributed by atoms with Gasteiger partial charge in [0.2, 0.25) is 0 Å². The van der Waals surface area contributed by atoms with Crippen molar-refractivity contribution in [1.82, 2.24) is 14.7 Å². The minimum Gasteiger partial charge on any atom is -0.492 e. The lowest BCUT2D eigenvalue weighted by Gasteiger charge is -2.16. The maximum atomic E-state index is 5.96. The van der Waals surface area contributed by atoms with Gasteiger partial charge in [0.25, 0.3) is 0 Å². The van der Waals surface area contributed by atoms with Gasteiger partial charge in [0.05, 0.1) is 11.4 Å². The molecule has 118 valence electrons. The molecule has 0 aliphatic carbocycles. The Bertz CT molecular complexity index is 797. The van der Waals surface area contributed by atoms with Crippen LogP contribution in [0.2, 0.25) is 0 Å². The minimum atomic E-state index is 0.357. The number of benzene rings is 1. The summed E-state index contributed by atoms with van der Waals surface area (Å²) in [7, 11) is 0. The molecule has 1 unspecified atom stereocenters. The van der Waals surface area contributed by atoms with E-state index in [2.05, 4.69) is 46.0 Å². The number of para-hydroxylation sites is 1. The van der Waals surface area contributed by atoms with Gasteiger partial charge in [-0.15, -0.1) is 0 Å². The van der Waals surface area contributed by atoms with Gasteiger partial charge in [-0.1, -0.05) is 24.3 Å². The topological polar surface area (TPSA) is 38.6 Å². The number of ether oxygens (including phenoxy) is 1. The summed E-state index contributed by atoms with van der Waals surface area (Å²) >= 11 is 0. The third kappa shape index (κ3) is 2.82. The van der Waals surface area contributed by atoms with Crippen LogP contribution in [0, 0.1) is 6.92 Å². The first kappa shape index (κ1) is 14.3. The fourth-order valence-electron chi connectivity index (χ4n) is 3.23. The first-order valence-corrected chi connectivity index (χ1v) is 8.18. The lowest BCUT2D eigenvalue weighted by atomic mass is 10.1. The fraction of sp³-hybridized carbons (Fsp3) is 0.316. The monoisotopic (exact) mass is 307 g/mol. The van der Waals surface area contributed by atoms with E-state index in [0.29, 0.717) is 12.6 Å². The van der Waals surface area contributed by atoms with Gasteiger partial charge in [-0.3, -0.25) is 0 Å². The molecule has 4 rings (SSSR count). The van der Waals surface area contributed by atoms with E-state index in [1.807, 2.05) is 24.3 Å². The Morgan fingerprint density at radius 3 is 3.04 bits per heavy atom. The summed E-state index contributed by atoms with van der Waals surface area (Å²) in [6.07, 6.45) is 4.22. The van der Waals surface area contributed by atoms with Crippen LogP contribution in [-0.2, 0) is 13.0 Å². The molecule has 0 spiro atoms. The molecule has 3 aromatic rings. The van der Waals surface area contributed by atoms with E-state index in [1.165, 1.54) is 11.3 Å². The minimum absolute atomic E-state index is 0.357. The van der Waals surface area contributed by atoms with Gasteiger partial charge in [0.1, 0.15) is 18.0 Å². The molecule has 0 saturated carbocycles. The normalized spacial score (nSPS) is 17.5.